The summed E-state index contributed by atoms with van der Waals surface area (Å²) < 4.78 is 20.5. The molecule has 0 aliphatic carbocycles. The third kappa shape index (κ3) is 39.9. The molecule has 3 aromatic carbocycles. The molecule has 0 aliphatic rings. The quantitative estimate of drug-likeness (QED) is 0.0304. The molecule has 0 radical (unpaired) electrons. The highest BCUT2D eigenvalue weighted by Gasteiger charge is 2.36. The molecule has 0 bridgehead atoms. The van der Waals surface area contributed by atoms with Crippen LogP contribution in [0.15, 0.2) is 72.8 Å². The standard InChI is InChI=1S/C25H39N3O7.2C19H28N2O6.C10H19NO4/c1-8-15(4)20(23(32)33)27-21(30)18(13-16-9-11-17(29)12-10-16)26-22(31)19(14(2)3)28-24(34)35-25(5,6)7;2*1-11(2)15(21-18(26)27-19(3,4)5)16(23)20-14(17(24)25)10-12-6-8-13(22)9-7-12;1-6(2)7(8(12)13)11-9(14)15-10(3,4)5/h9-12,14-15,18-20,29H,8,13H2,1-7H3,(H,26,31)(H,27,30)(H,28,34)(H,32,33);2*6-9,11,14-15,22H,10H2,1-5H3,(H,20,23)(H,21,26)(H,24,25);6-7H,1-5H3,(H,11,14)(H,12,13)/t15-,18-,19?,20-;2*14-,15?;/m000./s1. The van der Waals surface area contributed by atoms with Gasteiger partial charge in [0.05, 0.1) is 0 Å². The number of carboxylic acids is 4. The number of hydrogen-bond acceptors (Lipinski definition) is 19. The van der Waals surface area contributed by atoms with Crippen LogP contribution in [-0.2, 0) is 76.6 Å². The topological polar surface area (TPSA) is 480 Å². The number of carbonyl (C=O) groups is 12. The number of carboxylic acid groups (broad SMARTS) is 4. The van der Waals surface area contributed by atoms with Crippen molar-refractivity contribution < 1.29 is 112 Å². The van der Waals surface area contributed by atoms with Crippen LogP contribution in [-0.4, -0.2) is 178 Å². The van der Waals surface area contributed by atoms with E-state index >= 15 is 0 Å². The zero-order valence-corrected chi connectivity index (χ0v) is 63.9. The van der Waals surface area contributed by atoms with E-state index in [1.807, 2.05) is 6.92 Å². The molecule has 584 valence electrons. The van der Waals surface area contributed by atoms with Gasteiger partial charge in [-0.2, -0.15) is 0 Å². The van der Waals surface area contributed by atoms with Crippen molar-refractivity contribution in [3.8, 4) is 17.2 Å². The van der Waals surface area contributed by atoms with Crippen LogP contribution < -0.4 is 42.5 Å². The zero-order valence-electron chi connectivity index (χ0n) is 63.9. The summed E-state index contributed by atoms with van der Waals surface area (Å²) in [6.45, 7) is 37.9. The van der Waals surface area contributed by atoms with Gasteiger partial charge in [0.25, 0.3) is 0 Å². The summed E-state index contributed by atoms with van der Waals surface area (Å²) in [4.78, 5) is 144. The van der Waals surface area contributed by atoms with E-state index in [0.29, 0.717) is 23.1 Å². The summed E-state index contributed by atoms with van der Waals surface area (Å²) in [6, 6.07) is 9.78. The number of aliphatic carboxylic acids is 4. The lowest BCUT2D eigenvalue weighted by atomic mass is 9.97. The van der Waals surface area contributed by atoms with Crippen molar-refractivity contribution in [2.24, 2.45) is 29.6 Å². The Kier molecular flexibility index (Phi) is 38.9. The maximum Gasteiger partial charge on any atom is 0.408 e. The van der Waals surface area contributed by atoms with Crippen molar-refractivity contribution in [1.29, 1.82) is 0 Å². The summed E-state index contributed by atoms with van der Waals surface area (Å²) in [5.41, 5.74) is -0.895. The van der Waals surface area contributed by atoms with E-state index in [-0.39, 0.29) is 66.1 Å². The van der Waals surface area contributed by atoms with Crippen LogP contribution in [0.1, 0.15) is 175 Å². The summed E-state index contributed by atoms with van der Waals surface area (Å²) in [6.07, 6.45) is -2.32. The Hall–Kier alpha value is -10.1. The molecule has 31 heteroatoms. The monoisotopic (exact) mass is 1470 g/mol. The fourth-order valence-corrected chi connectivity index (χ4v) is 8.79. The van der Waals surface area contributed by atoms with Crippen LogP contribution in [0.3, 0.4) is 0 Å². The van der Waals surface area contributed by atoms with Crippen molar-refractivity contribution in [1.82, 2.24) is 42.5 Å². The third-order valence-electron chi connectivity index (χ3n) is 14.2. The predicted octanol–water partition coefficient (Wildman–Crippen LogP) is 8.31. The lowest BCUT2D eigenvalue weighted by Crippen LogP contribution is -2.58. The second kappa shape index (κ2) is 43.1. The van der Waals surface area contributed by atoms with Gasteiger partial charge in [-0.25, -0.2) is 38.4 Å². The number of ether oxygens (including phenoxy) is 4. The lowest BCUT2D eigenvalue weighted by molar-refractivity contribution is -0.144. The lowest BCUT2D eigenvalue weighted by Gasteiger charge is -2.28. The van der Waals surface area contributed by atoms with Gasteiger partial charge in [0, 0.05) is 19.3 Å². The Morgan fingerprint density at radius 3 is 0.731 bits per heavy atom. The molecule has 31 nitrogen and oxygen atoms in total. The van der Waals surface area contributed by atoms with E-state index in [2.05, 4.69) is 42.5 Å². The van der Waals surface area contributed by atoms with Crippen LogP contribution in [0.2, 0.25) is 0 Å². The molecule has 0 spiro atoms. The second-order valence-electron chi connectivity index (χ2n) is 30.0. The van der Waals surface area contributed by atoms with Gasteiger partial charge in [0.15, 0.2) is 0 Å². The van der Waals surface area contributed by atoms with Gasteiger partial charge in [0.2, 0.25) is 23.6 Å². The van der Waals surface area contributed by atoms with Crippen LogP contribution >= 0.6 is 0 Å². The first-order chi connectivity index (χ1) is 47.5. The second-order valence-corrected chi connectivity index (χ2v) is 30.0. The minimum absolute atomic E-state index is 0.0403. The van der Waals surface area contributed by atoms with Gasteiger partial charge >= 0.3 is 48.3 Å². The molecule has 3 rings (SSSR count). The smallest absolute Gasteiger partial charge is 0.408 e. The normalized spacial score (nSPS) is 14.0. The van der Waals surface area contributed by atoms with Crippen molar-refractivity contribution >= 4 is 71.9 Å². The van der Waals surface area contributed by atoms with Gasteiger partial charge in [-0.15, -0.1) is 0 Å². The van der Waals surface area contributed by atoms with Crippen LogP contribution in [0.25, 0.3) is 0 Å². The Morgan fingerprint density at radius 2 is 0.529 bits per heavy atom. The molecule has 104 heavy (non-hydrogen) atoms. The third-order valence-corrected chi connectivity index (χ3v) is 14.2. The van der Waals surface area contributed by atoms with E-state index in [1.165, 1.54) is 36.4 Å². The Balaban J connectivity index is 0.00000141. The van der Waals surface area contributed by atoms with Crippen LogP contribution in [0.5, 0.6) is 17.2 Å². The summed E-state index contributed by atoms with van der Waals surface area (Å²) in [7, 11) is 0. The van der Waals surface area contributed by atoms with Gasteiger partial charge in [0.1, 0.15) is 88.0 Å². The molecule has 0 heterocycles. The minimum atomic E-state index is -1.20. The number of nitrogens with one attached hydrogen (secondary N) is 8. The summed E-state index contributed by atoms with van der Waals surface area (Å²) in [5.74, 6) is -8.35. The Bertz CT molecular complexity index is 3160. The largest absolute Gasteiger partial charge is 0.508 e. The predicted molar refractivity (Wildman–Crippen MR) is 385 cm³/mol. The molecule has 0 aromatic heterocycles. The first-order valence-corrected chi connectivity index (χ1v) is 34.0. The maximum absolute atomic E-state index is 13.1. The fourth-order valence-electron chi connectivity index (χ4n) is 8.79. The van der Waals surface area contributed by atoms with E-state index < -0.39 is 143 Å². The van der Waals surface area contributed by atoms with Gasteiger partial charge in [-0.1, -0.05) is 112 Å². The number of phenolic OH excluding ortho intramolecular Hbond substituents is 3. The first-order valence-electron chi connectivity index (χ1n) is 34.0. The number of rotatable bonds is 28. The minimum Gasteiger partial charge on any atom is -0.508 e. The van der Waals surface area contributed by atoms with Gasteiger partial charge in [-0.3, -0.25) is 19.2 Å². The molecular formula is C73H114N8O23. The molecule has 4 unspecified atom stereocenters. The van der Waals surface area contributed by atoms with Crippen molar-refractivity contribution in [2.45, 2.75) is 249 Å². The van der Waals surface area contributed by atoms with E-state index in [1.54, 1.807) is 182 Å². The van der Waals surface area contributed by atoms with Gasteiger partial charge in [-0.05, 0) is 166 Å². The van der Waals surface area contributed by atoms with Crippen LogP contribution in [0.4, 0.5) is 19.2 Å². The Labute approximate surface area is 609 Å². The number of benzene rings is 3. The number of alkyl carbamates (subject to hydrolysis) is 4. The summed E-state index contributed by atoms with van der Waals surface area (Å²) in [5, 5.41) is 85.3. The molecule has 9 atom stereocenters. The van der Waals surface area contributed by atoms with Crippen molar-refractivity contribution in [3.63, 3.8) is 0 Å². The van der Waals surface area contributed by atoms with E-state index in [4.69, 9.17) is 24.1 Å². The van der Waals surface area contributed by atoms with E-state index in [0.717, 1.165) is 0 Å². The first kappa shape index (κ1) is 93.9. The van der Waals surface area contributed by atoms with Crippen molar-refractivity contribution in [2.75, 3.05) is 0 Å². The molecule has 3 aromatic rings. The number of carbonyl (C=O) groups excluding carboxylic acids is 8. The molecule has 15 N–H and O–H groups in total. The highest BCUT2D eigenvalue weighted by atomic mass is 16.6. The number of phenols is 3. The summed E-state index contributed by atoms with van der Waals surface area (Å²) >= 11 is 0. The average molecular weight is 1470 g/mol. The van der Waals surface area contributed by atoms with Crippen molar-refractivity contribution in [3.05, 3.63) is 89.5 Å². The Morgan fingerprint density at radius 1 is 0.308 bits per heavy atom. The molecular weight excluding hydrogens is 1360 g/mol. The molecule has 0 fully saturated rings. The molecule has 8 amide bonds. The molecule has 0 saturated heterocycles. The maximum atomic E-state index is 13.1. The molecule has 0 saturated carbocycles. The number of hydrogen-bond donors (Lipinski definition) is 15. The number of aromatic hydroxyl groups is 3. The van der Waals surface area contributed by atoms with E-state index in [9.17, 15) is 88.2 Å². The number of amides is 8. The van der Waals surface area contributed by atoms with Gasteiger partial charge < -0.3 is 97.2 Å². The molecule has 0 aliphatic heterocycles. The SMILES string of the molecule is CC(C)C(NC(=O)OC(C)(C)C)C(=O)N[C@@H](Cc1ccc(O)cc1)C(=O)O.CC(C)C(NC(=O)OC(C)(C)C)C(=O)N[C@@H](Cc1ccc(O)cc1)C(=O)O.CC(C)C(NC(=O)OC(C)(C)C)C(=O)O.CC[C@H](C)[C@H](NC(=O)[C@H](Cc1ccc(O)cc1)NC(=O)C(NC(=O)OC(C)(C)C)C(C)C)C(=O)O. The van der Waals surface area contributed by atoms with Crippen LogP contribution in [0, 0.1) is 29.6 Å². The average Bonchev–Trinajstić information content (AvgIpc) is 0.864. The highest BCUT2D eigenvalue weighted by Crippen LogP contribution is 2.19. The highest BCUT2D eigenvalue weighted by molar-refractivity contribution is 5.94. The fraction of sp³-hybridized carbons (Fsp3) is 0.589. The zero-order chi connectivity index (χ0) is 80.7.